The van der Waals surface area contributed by atoms with E-state index in [1.165, 1.54) is 6.08 Å². The minimum absolute atomic E-state index is 0.176. The molecule has 0 atom stereocenters. The Kier molecular flexibility index (Phi) is 13.2. The molecule has 0 saturated carbocycles. The van der Waals surface area contributed by atoms with Gasteiger partial charge in [-0.15, -0.1) is 0 Å². The van der Waals surface area contributed by atoms with E-state index >= 15 is 0 Å². The number of aryl methyl sites for hydroxylation is 6. The highest BCUT2D eigenvalue weighted by Gasteiger charge is 2.50. The Morgan fingerprint density at radius 2 is 1.21 bits per heavy atom. The number of rotatable bonds is 5. The highest BCUT2D eigenvalue weighted by molar-refractivity contribution is 6.24. The fourth-order valence-electron chi connectivity index (χ4n) is 7.61. The zero-order valence-electron chi connectivity index (χ0n) is 31.6. The Bertz CT molecular complexity index is 1760. The number of nitrogens with one attached hydrogen (secondary N) is 3. The Morgan fingerprint density at radius 1 is 0.788 bits per heavy atom. The zero-order chi connectivity index (χ0) is 38.2. The van der Waals surface area contributed by atoms with Gasteiger partial charge in [-0.3, -0.25) is 9.59 Å². The van der Waals surface area contributed by atoms with E-state index < -0.39 is 17.2 Å². The summed E-state index contributed by atoms with van der Waals surface area (Å²) < 4.78 is 16.5. The quantitative estimate of drug-likeness (QED) is 0.228. The lowest BCUT2D eigenvalue weighted by Gasteiger charge is -2.34. The third-order valence-corrected chi connectivity index (χ3v) is 9.80. The van der Waals surface area contributed by atoms with Crippen molar-refractivity contribution >= 4 is 35.1 Å². The molecule has 4 N–H and O–H groups in total. The highest BCUT2D eigenvalue weighted by Crippen LogP contribution is 2.43. The first kappa shape index (κ1) is 40.0. The molecule has 280 valence electrons. The van der Waals surface area contributed by atoms with E-state index in [4.69, 9.17) is 19.0 Å². The Morgan fingerprint density at radius 3 is 1.63 bits per heavy atom. The standard InChI is InChI=1S/C20H26N2O4.C17H21NO3.C3H5NO/c1-5-21-19(24)26-17-16(15-13(3)10-12(2)11-14(15)4)18(23)22-20(17)6-8-25-9-7-20;1-10-8-11(2)13(12(3)9-10)14-15(19)17(18-16(14)20)4-6-21-7-5-17;1-2-4-3-5/h10-11H,5-9H2,1-4H3,(H,21,24)(H,22,23);8-9,19H,4-7H2,1-3H3,(H,18,20);2H2,1H3. The molecule has 0 bridgehead atoms. The fraction of sp³-hybridized carbons (Fsp3) is 0.500. The predicted molar refractivity (Wildman–Crippen MR) is 198 cm³/mol. The second-order valence-corrected chi connectivity index (χ2v) is 13.8. The number of carbonyl (C=O) groups excluding carboxylic acids is 4. The molecule has 2 aromatic rings. The predicted octanol–water partition coefficient (Wildman–Crippen LogP) is 5.65. The van der Waals surface area contributed by atoms with Gasteiger partial charge in [0.15, 0.2) is 0 Å². The molecule has 6 rings (SSSR count). The van der Waals surface area contributed by atoms with Crippen LogP contribution in [0.3, 0.4) is 0 Å². The van der Waals surface area contributed by atoms with Crippen molar-refractivity contribution in [3.63, 3.8) is 0 Å². The highest BCUT2D eigenvalue weighted by atomic mass is 16.6. The van der Waals surface area contributed by atoms with Gasteiger partial charge >= 0.3 is 6.09 Å². The molecule has 2 saturated heterocycles. The number of aliphatic hydroxyl groups excluding tert-OH is 1. The van der Waals surface area contributed by atoms with Gasteiger partial charge in [0.25, 0.3) is 11.8 Å². The zero-order valence-corrected chi connectivity index (χ0v) is 31.6. The second-order valence-electron chi connectivity index (χ2n) is 13.8. The smallest absolute Gasteiger partial charge is 0.412 e. The SMILES string of the molecule is CCN=C=O.CCNC(=O)OC1=C(c2c(C)cc(C)cc2C)C(=O)NC12CCOCC2.Cc1cc(C)c(C2=C(O)C3(CCOCC3)NC2=O)c(C)c1. The molecule has 3 amide bonds. The number of benzene rings is 2. The third-order valence-electron chi connectivity index (χ3n) is 9.80. The van der Waals surface area contributed by atoms with Crippen LogP contribution in [0.25, 0.3) is 11.1 Å². The van der Waals surface area contributed by atoms with E-state index in [2.05, 4.69) is 20.9 Å². The lowest BCUT2D eigenvalue weighted by molar-refractivity contribution is -0.117. The topological polar surface area (TPSA) is 165 Å². The lowest BCUT2D eigenvalue weighted by atomic mass is 9.86. The monoisotopic (exact) mass is 716 g/mol. The fourth-order valence-corrected chi connectivity index (χ4v) is 7.61. The first-order valence-electron chi connectivity index (χ1n) is 17.9. The Labute approximate surface area is 306 Å². The minimum Gasteiger partial charge on any atom is -0.509 e. The number of ether oxygens (including phenoxy) is 3. The van der Waals surface area contributed by atoms with Crippen LogP contribution in [0.4, 0.5) is 4.79 Å². The van der Waals surface area contributed by atoms with Gasteiger partial charge < -0.3 is 35.3 Å². The molecule has 12 heteroatoms. The van der Waals surface area contributed by atoms with E-state index in [-0.39, 0.29) is 17.6 Å². The van der Waals surface area contributed by atoms with Crippen LogP contribution < -0.4 is 16.0 Å². The van der Waals surface area contributed by atoms with Crippen molar-refractivity contribution in [1.82, 2.24) is 16.0 Å². The summed E-state index contributed by atoms with van der Waals surface area (Å²) in [6.45, 7) is 18.8. The maximum atomic E-state index is 13.0. The maximum Gasteiger partial charge on any atom is 0.412 e. The van der Waals surface area contributed by atoms with Crippen molar-refractivity contribution in [2.24, 2.45) is 4.99 Å². The van der Waals surface area contributed by atoms with Crippen LogP contribution >= 0.6 is 0 Å². The average Bonchev–Trinajstić information content (AvgIpc) is 3.45. The molecule has 2 fully saturated rings. The minimum atomic E-state index is -0.681. The van der Waals surface area contributed by atoms with E-state index in [1.807, 2.05) is 72.7 Å². The number of amides is 3. The van der Waals surface area contributed by atoms with E-state index in [0.717, 1.165) is 44.5 Å². The summed E-state index contributed by atoms with van der Waals surface area (Å²) in [4.78, 5) is 49.9. The van der Waals surface area contributed by atoms with Crippen LogP contribution in [0.15, 0.2) is 40.8 Å². The molecular formula is C40H52N4O8. The van der Waals surface area contributed by atoms with Crippen LogP contribution in [-0.2, 0) is 28.6 Å². The van der Waals surface area contributed by atoms with Crippen LogP contribution in [0.5, 0.6) is 0 Å². The number of aliphatic imine (C=N–C) groups is 1. The van der Waals surface area contributed by atoms with Crippen LogP contribution in [0.2, 0.25) is 0 Å². The van der Waals surface area contributed by atoms with Crippen LogP contribution in [0.1, 0.15) is 84.0 Å². The van der Waals surface area contributed by atoms with Crippen LogP contribution in [-0.4, -0.2) is 79.7 Å². The molecule has 12 nitrogen and oxygen atoms in total. The van der Waals surface area contributed by atoms with Crippen molar-refractivity contribution in [1.29, 1.82) is 0 Å². The summed E-state index contributed by atoms with van der Waals surface area (Å²) in [6, 6.07) is 8.18. The second kappa shape index (κ2) is 17.2. The summed E-state index contributed by atoms with van der Waals surface area (Å²) in [5.41, 5.74) is 7.62. The number of hydrogen-bond donors (Lipinski definition) is 4. The summed E-state index contributed by atoms with van der Waals surface area (Å²) in [6.07, 6.45) is 3.27. The molecule has 52 heavy (non-hydrogen) atoms. The van der Waals surface area contributed by atoms with E-state index in [9.17, 15) is 19.5 Å². The average molecular weight is 717 g/mol. The first-order valence-corrected chi connectivity index (χ1v) is 17.9. The number of alkyl carbamates (subject to hydrolysis) is 1. The number of isocyanates is 1. The molecule has 2 aromatic carbocycles. The number of nitrogens with zero attached hydrogens (tertiary/aromatic N) is 1. The van der Waals surface area contributed by atoms with Gasteiger partial charge in [-0.25, -0.2) is 14.6 Å². The normalized spacial score (nSPS) is 18.5. The number of hydrogen-bond acceptors (Lipinski definition) is 9. The molecule has 0 aliphatic carbocycles. The molecule has 0 aromatic heterocycles. The molecule has 4 aliphatic heterocycles. The van der Waals surface area contributed by atoms with Gasteiger partial charge in [-0.2, -0.15) is 0 Å². The van der Waals surface area contributed by atoms with Crippen LogP contribution in [0, 0.1) is 41.5 Å². The molecule has 4 heterocycles. The maximum absolute atomic E-state index is 13.0. The van der Waals surface area contributed by atoms with Gasteiger partial charge in [-0.1, -0.05) is 35.4 Å². The van der Waals surface area contributed by atoms with E-state index in [0.29, 0.717) is 82.1 Å². The number of carbonyl (C=O) groups is 3. The van der Waals surface area contributed by atoms with Gasteiger partial charge in [0.05, 0.1) is 11.1 Å². The molecule has 2 spiro atoms. The van der Waals surface area contributed by atoms with Crippen molar-refractivity contribution < 1.29 is 38.5 Å². The van der Waals surface area contributed by atoms with Gasteiger partial charge in [0, 0.05) is 65.2 Å². The Hall–Kier alpha value is -4.77. The van der Waals surface area contributed by atoms with E-state index in [1.54, 1.807) is 6.92 Å². The van der Waals surface area contributed by atoms with Crippen molar-refractivity contribution in [2.75, 3.05) is 39.5 Å². The molecule has 0 radical (unpaired) electrons. The van der Waals surface area contributed by atoms with Gasteiger partial charge in [-0.05, 0) is 88.8 Å². The summed E-state index contributed by atoms with van der Waals surface area (Å²) in [5, 5.41) is 19.5. The largest absolute Gasteiger partial charge is 0.509 e. The van der Waals surface area contributed by atoms with Gasteiger partial charge in [0.1, 0.15) is 22.6 Å². The third kappa shape index (κ3) is 8.47. The first-order chi connectivity index (χ1) is 24.7. The summed E-state index contributed by atoms with van der Waals surface area (Å²) >= 11 is 0. The van der Waals surface area contributed by atoms with Crippen molar-refractivity contribution in [3.05, 3.63) is 80.3 Å². The van der Waals surface area contributed by atoms with Gasteiger partial charge in [0.2, 0.25) is 6.08 Å². The lowest BCUT2D eigenvalue weighted by Crippen LogP contribution is -2.49. The molecule has 4 aliphatic rings. The number of aliphatic hydroxyl groups is 1. The molecular weight excluding hydrogens is 664 g/mol. The molecule has 0 unspecified atom stereocenters. The summed E-state index contributed by atoms with van der Waals surface area (Å²) in [5.74, 6) is 0.239. The Balaban J connectivity index is 0.000000209. The van der Waals surface area contributed by atoms with Crippen molar-refractivity contribution in [2.45, 2.75) is 92.2 Å². The summed E-state index contributed by atoms with van der Waals surface area (Å²) in [7, 11) is 0. The van der Waals surface area contributed by atoms with Crippen molar-refractivity contribution in [3.8, 4) is 0 Å².